The van der Waals surface area contributed by atoms with Gasteiger partial charge in [0.2, 0.25) is 0 Å². The number of hydrogen-bond acceptors (Lipinski definition) is 11. The Balaban J connectivity index is 2.24. The molecule has 456 valence electrons. The molecular formula is C65H118O12S. The summed E-state index contributed by atoms with van der Waals surface area (Å²) in [5, 5.41) is 30.9. The van der Waals surface area contributed by atoms with Crippen molar-refractivity contribution in [2.24, 2.45) is 0 Å². The van der Waals surface area contributed by atoms with E-state index in [4.69, 9.17) is 18.9 Å². The van der Waals surface area contributed by atoms with Crippen LogP contribution >= 0.6 is 0 Å². The smallest absolute Gasteiger partial charge is 0.397 e. The molecule has 0 saturated carbocycles. The first-order chi connectivity index (χ1) is 38.1. The Hall–Kier alpha value is -2.20. The summed E-state index contributed by atoms with van der Waals surface area (Å²) in [6, 6.07) is 0. The second-order valence-corrected chi connectivity index (χ2v) is 23.0. The molecule has 0 aromatic carbocycles. The van der Waals surface area contributed by atoms with Gasteiger partial charge in [-0.2, -0.15) is 8.42 Å². The molecule has 0 aliphatic carbocycles. The van der Waals surface area contributed by atoms with Crippen LogP contribution in [0.3, 0.4) is 0 Å². The minimum atomic E-state index is -5.07. The Morgan fingerprint density at radius 2 is 0.885 bits per heavy atom. The van der Waals surface area contributed by atoms with Crippen LogP contribution in [0, 0.1) is 0 Å². The molecule has 1 heterocycles. The Morgan fingerprint density at radius 3 is 1.31 bits per heavy atom. The van der Waals surface area contributed by atoms with Crippen LogP contribution in [0.15, 0.2) is 60.8 Å². The zero-order valence-electron chi connectivity index (χ0n) is 49.7. The van der Waals surface area contributed by atoms with Gasteiger partial charge in [-0.15, -0.1) is 0 Å². The first-order valence-electron chi connectivity index (χ1n) is 32.0. The predicted octanol–water partition coefficient (Wildman–Crippen LogP) is 16.8. The molecule has 1 fully saturated rings. The molecule has 1 saturated heterocycles. The largest absolute Gasteiger partial charge is 0.457 e. The fourth-order valence-electron chi connectivity index (χ4n) is 9.84. The molecule has 0 amide bonds. The molecule has 0 spiro atoms. The first kappa shape index (κ1) is 73.8. The molecule has 0 aromatic rings. The van der Waals surface area contributed by atoms with Crippen molar-refractivity contribution in [3.8, 4) is 0 Å². The third-order valence-electron chi connectivity index (χ3n) is 14.6. The topological polar surface area (TPSA) is 178 Å². The van der Waals surface area contributed by atoms with Crippen LogP contribution < -0.4 is 0 Å². The summed E-state index contributed by atoms with van der Waals surface area (Å²) in [5.41, 5.74) is 0. The second kappa shape index (κ2) is 55.3. The molecule has 78 heavy (non-hydrogen) atoms. The summed E-state index contributed by atoms with van der Waals surface area (Å²) in [4.78, 5) is 13.0. The monoisotopic (exact) mass is 1120 g/mol. The van der Waals surface area contributed by atoms with E-state index in [1.807, 2.05) is 0 Å². The number of carbonyl (C=O) groups is 1. The van der Waals surface area contributed by atoms with Crippen molar-refractivity contribution >= 4 is 16.4 Å². The summed E-state index contributed by atoms with van der Waals surface area (Å²) in [7, 11) is -5.07. The molecule has 1 aliphatic heterocycles. The van der Waals surface area contributed by atoms with Gasteiger partial charge in [0, 0.05) is 13.0 Å². The van der Waals surface area contributed by atoms with Gasteiger partial charge in [-0.05, 0) is 77.0 Å². The van der Waals surface area contributed by atoms with Gasteiger partial charge in [-0.1, -0.05) is 261 Å². The van der Waals surface area contributed by atoms with Gasteiger partial charge in [0.1, 0.15) is 30.5 Å². The zero-order chi connectivity index (χ0) is 56.7. The van der Waals surface area contributed by atoms with Crippen molar-refractivity contribution in [1.82, 2.24) is 0 Å². The summed E-state index contributed by atoms with van der Waals surface area (Å²) >= 11 is 0. The number of unbranched alkanes of at least 4 members (excludes halogenated alkanes) is 34. The number of hydrogen-bond donors (Lipinski definition) is 4. The van der Waals surface area contributed by atoms with E-state index in [1.54, 1.807) is 0 Å². The zero-order valence-corrected chi connectivity index (χ0v) is 50.5. The highest BCUT2D eigenvalue weighted by Gasteiger charge is 2.48. The lowest BCUT2D eigenvalue weighted by Crippen LogP contribution is -2.60. The minimum Gasteiger partial charge on any atom is -0.457 e. The van der Waals surface area contributed by atoms with Crippen LogP contribution in [0.1, 0.15) is 284 Å². The van der Waals surface area contributed by atoms with Crippen molar-refractivity contribution in [3.63, 3.8) is 0 Å². The Bertz CT molecular complexity index is 1580. The highest BCUT2D eigenvalue weighted by Crippen LogP contribution is 2.26. The van der Waals surface area contributed by atoms with Crippen molar-refractivity contribution < 1.29 is 56.2 Å². The van der Waals surface area contributed by atoms with Gasteiger partial charge < -0.3 is 34.3 Å². The number of allylic oxidation sites excluding steroid dienone is 10. The fraction of sp³-hybridized carbons (Fsp3) is 0.831. The van der Waals surface area contributed by atoms with Gasteiger partial charge in [0.15, 0.2) is 6.29 Å². The third kappa shape index (κ3) is 47.4. The van der Waals surface area contributed by atoms with Gasteiger partial charge in [-0.25, -0.2) is 4.18 Å². The van der Waals surface area contributed by atoms with Gasteiger partial charge in [-0.3, -0.25) is 9.35 Å². The summed E-state index contributed by atoms with van der Waals surface area (Å²) < 4.78 is 59.6. The van der Waals surface area contributed by atoms with E-state index in [0.717, 1.165) is 70.6 Å². The van der Waals surface area contributed by atoms with Gasteiger partial charge in [0.05, 0.1) is 19.8 Å². The normalized spacial score (nSPS) is 18.8. The van der Waals surface area contributed by atoms with Crippen LogP contribution in [0.4, 0.5) is 0 Å². The number of aliphatic hydroxyl groups is 3. The molecule has 13 heteroatoms. The van der Waals surface area contributed by atoms with E-state index < -0.39 is 59.8 Å². The van der Waals surface area contributed by atoms with Gasteiger partial charge in [0.25, 0.3) is 0 Å². The van der Waals surface area contributed by atoms with E-state index in [9.17, 15) is 33.1 Å². The van der Waals surface area contributed by atoms with Crippen LogP contribution in [-0.2, 0) is 38.3 Å². The number of carbonyl (C=O) groups excluding carboxylic acids is 1. The molecule has 1 rings (SSSR count). The van der Waals surface area contributed by atoms with Crippen molar-refractivity contribution in [3.05, 3.63) is 60.8 Å². The predicted molar refractivity (Wildman–Crippen MR) is 322 cm³/mol. The molecule has 12 nitrogen and oxygen atoms in total. The summed E-state index contributed by atoms with van der Waals surface area (Å²) in [6.45, 7) is 3.93. The Kier molecular flexibility index (Phi) is 52.4. The number of ether oxygens (including phenoxy) is 4. The maximum Gasteiger partial charge on any atom is 0.397 e. The van der Waals surface area contributed by atoms with Crippen molar-refractivity contribution in [2.45, 2.75) is 320 Å². The lowest BCUT2D eigenvalue weighted by Gasteiger charge is -2.41. The minimum absolute atomic E-state index is 0.0361. The molecule has 0 radical (unpaired) electrons. The highest BCUT2D eigenvalue weighted by atomic mass is 32.3. The van der Waals surface area contributed by atoms with Crippen LogP contribution in [-0.4, -0.2) is 97.5 Å². The van der Waals surface area contributed by atoms with Crippen molar-refractivity contribution in [1.29, 1.82) is 0 Å². The standard InChI is InChI=1S/C65H118O12S/c1-3-5-7-9-11-13-15-17-19-21-23-25-27-29-31-33-35-37-39-41-43-45-47-49-51-53-55-73-57-59(58-74-65-63(69)64(77-78(70,71)72)62(68)60(56-66)76-65)75-61(67)54-52-50-48-46-44-42-40-38-36-34-32-30-28-26-24-22-20-18-16-14-12-10-8-6-4-2/h6,8,12,14,18,20-21,23-24,26,59-60,62-66,68-69H,3-5,7,9-11,13,15-17,19,22,25,27-58H2,1-2H3,(H,70,71,72)/b8-6-,14-12-,20-18-,23-21-,26-24-. The van der Waals surface area contributed by atoms with Crippen LogP contribution in [0.5, 0.6) is 0 Å². The lowest BCUT2D eigenvalue weighted by atomic mass is 9.99. The second-order valence-electron chi connectivity index (χ2n) is 22.0. The fourth-order valence-corrected chi connectivity index (χ4v) is 10.3. The molecule has 1 aliphatic rings. The molecule has 6 atom stereocenters. The van der Waals surface area contributed by atoms with Crippen LogP contribution in [0.2, 0.25) is 0 Å². The molecule has 4 N–H and O–H groups in total. The van der Waals surface area contributed by atoms with E-state index in [1.165, 1.54) is 186 Å². The quantitative estimate of drug-likeness (QED) is 0.0196. The average Bonchev–Trinajstić information content (AvgIpc) is 3.46. The molecule has 6 unspecified atom stereocenters. The van der Waals surface area contributed by atoms with Crippen LogP contribution in [0.25, 0.3) is 0 Å². The summed E-state index contributed by atoms with van der Waals surface area (Å²) in [6.07, 6.45) is 64.1. The Morgan fingerprint density at radius 1 is 0.500 bits per heavy atom. The number of rotatable bonds is 57. The summed E-state index contributed by atoms with van der Waals surface area (Å²) in [5.74, 6) is -0.398. The third-order valence-corrected chi connectivity index (χ3v) is 15.1. The van der Waals surface area contributed by atoms with E-state index in [-0.39, 0.29) is 19.6 Å². The molecule has 0 aromatic heterocycles. The maximum absolute atomic E-state index is 13.0. The molecular weight excluding hydrogens is 1000 g/mol. The lowest BCUT2D eigenvalue weighted by molar-refractivity contribution is -0.301. The number of aliphatic hydroxyl groups excluding tert-OH is 3. The highest BCUT2D eigenvalue weighted by molar-refractivity contribution is 7.80. The average molecular weight is 1120 g/mol. The first-order valence-corrected chi connectivity index (χ1v) is 33.4. The van der Waals surface area contributed by atoms with E-state index in [2.05, 4.69) is 78.8 Å². The number of esters is 1. The SMILES string of the molecule is CC/C=C\C/C=C\C/C=C\C/C=C\CCCCCCCCCCCCCCC(=O)OC(COCCCCCCCCCCCCCCCC/C=C\CCCCCCCCCC)COC1OC(CO)C(O)C(OS(=O)(=O)O)C1O. The van der Waals surface area contributed by atoms with Crippen molar-refractivity contribution in [2.75, 3.05) is 26.4 Å². The molecule has 0 bridgehead atoms. The van der Waals surface area contributed by atoms with E-state index in [0.29, 0.717) is 13.0 Å². The Labute approximate surface area is 478 Å². The van der Waals surface area contributed by atoms with E-state index >= 15 is 0 Å². The van der Waals surface area contributed by atoms with Gasteiger partial charge >= 0.3 is 16.4 Å². The maximum atomic E-state index is 13.0.